The first-order valence-corrected chi connectivity index (χ1v) is 4.22. The van der Waals surface area contributed by atoms with Crippen LogP contribution in [0, 0.1) is 0 Å². The number of rotatable bonds is 6. The van der Waals surface area contributed by atoms with Crippen molar-refractivity contribution in [1.29, 1.82) is 0 Å². The average molecular weight is 269 g/mol. The number of aliphatic hydroxyl groups excluding tert-OH is 6. The van der Waals surface area contributed by atoms with Crippen LogP contribution in [0.3, 0.4) is 0 Å². The van der Waals surface area contributed by atoms with E-state index in [4.69, 9.17) is 35.7 Å². The summed E-state index contributed by atoms with van der Waals surface area (Å²) in [5.41, 5.74) is 0. The molecule has 100 valence electrons. The molecule has 0 aromatic carbocycles. The van der Waals surface area contributed by atoms with Crippen molar-refractivity contribution in [2.45, 2.75) is 30.7 Å². The average Bonchev–Trinajstić information content (AvgIpc) is 2.23. The smallest absolute Gasteiger partial charge is 1.00 e. The molecule has 0 heterocycles. The summed E-state index contributed by atoms with van der Waals surface area (Å²) in [6.07, 6.45) is -12.1. The molecule has 0 radical (unpaired) electrons. The minimum atomic E-state index is -2.28. The molecule has 0 rings (SSSR count). The summed E-state index contributed by atoms with van der Waals surface area (Å²) in [6.45, 7) is -0.888. The molecule has 0 aromatic heterocycles. The molecule has 0 saturated heterocycles. The van der Waals surface area contributed by atoms with Crippen LogP contribution in [0.4, 0.5) is 4.79 Å². The Bertz CT molecular complexity index is 235. The fourth-order valence-electron chi connectivity index (χ4n) is 0.879. The van der Waals surface area contributed by atoms with Gasteiger partial charge in [-0.3, -0.25) is 0 Å². The van der Waals surface area contributed by atoms with E-state index in [2.05, 4.69) is 4.74 Å². The Morgan fingerprint density at radius 3 is 1.88 bits per heavy atom. The van der Waals surface area contributed by atoms with E-state index in [1.54, 1.807) is 0 Å². The molecule has 5 atom stereocenters. The van der Waals surface area contributed by atoms with Crippen molar-refractivity contribution in [2.24, 2.45) is 0 Å². The van der Waals surface area contributed by atoms with E-state index < -0.39 is 43.5 Å². The predicted octanol–water partition coefficient (Wildman–Crippen LogP) is -3.72. The van der Waals surface area contributed by atoms with Crippen molar-refractivity contribution in [3.05, 3.63) is 0 Å². The van der Waals surface area contributed by atoms with Crippen LogP contribution < -0.4 is 0 Å². The summed E-state index contributed by atoms with van der Waals surface area (Å²) in [6, 6.07) is 0. The maximum Gasteiger partial charge on any atom is 2.00 e. The summed E-state index contributed by atoms with van der Waals surface area (Å²) in [7, 11) is 0. The molecule has 9 nitrogen and oxygen atoms in total. The third-order valence-electron chi connectivity index (χ3n) is 1.79. The van der Waals surface area contributed by atoms with Crippen LogP contribution in [-0.2, 0) is 4.74 Å². The van der Waals surface area contributed by atoms with Gasteiger partial charge in [0.2, 0.25) is 6.29 Å². The number of hydrogen-bond donors (Lipinski definition) is 7. The monoisotopic (exact) mass is 268 g/mol. The van der Waals surface area contributed by atoms with Gasteiger partial charge in [-0.1, -0.05) is 0 Å². The van der Waals surface area contributed by atoms with E-state index in [0.29, 0.717) is 0 Å². The maximum atomic E-state index is 9.97. The van der Waals surface area contributed by atoms with Crippen LogP contribution in [-0.4, -0.2) is 102 Å². The van der Waals surface area contributed by atoms with Gasteiger partial charge < -0.3 is 43.3 Å². The molecule has 0 fully saturated rings. The van der Waals surface area contributed by atoms with Crippen molar-refractivity contribution in [2.75, 3.05) is 6.61 Å². The Morgan fingerprint density at radius 2 is 1.53 bits per heavy atom. The van der Waals surface area contributed by atoms with Crippen molar-refractivity contribution >= 4 is 29.2 Å². The number of ether oxygens (including phenoxy) is 1. The topological polar surface area (TPSA) is 168 Å². The van der Waals surface area contributed by atoms with Gasteiger partial charge in [-0.05, 0) is 0 Å². The molecule has 17 heavy (non-hydrogen) atoms. The van der Waals surface area contributed by atoms with Crippen molar-refractivity contribution < 1.29 is 48.1 Å². The molecule has 0 aliphatic rings. The molecule has 0 bridgehead atoms. The van der Waals surface area contributed by atoms with Crippen molar-refractivity contribution in [3.63, 3.8) is 0 Å². The third kappa shape index (κ3) is 6.33. The second kappa shape index (κ2) is 8.82. The number of carboxylic acid groups (broad SMARTS) is 1. The summed E-state index contributed by atoms with van der Waals surface area (Å²) < 4.78 is 3.70. The molecule has 0 saturated carbocycles. The zero-order valence-electron chi connectivity index (χ0n) is 10.7. The minimum absolute atomic E-state index is 0. The number of carbonyl (C=O) groups is 1. The molecule has 0 aliphatic carbocycles. The Balaban J connectivity index is -0.000000375. The summed E-state index contributed by atoms with van der Waals surface area (Å²) >= 11 is 0. The predicted molar refractivity (Wildman–Crippen MR) is 54.2 cm³/mol. The minimum Gasteiger partial charge on any atom is -1.00 e. The molecular formula is C7H16MgO9. The Morgan fingerprint density at radius 1 is 1.06 bits per heavy atom. The van der Waals surface area contributed by atoms with Gasteiger partial charge >= 0.3 is 29.2 Å². The molecule has 1 unspecified atom stereocenters. The zero-order chi connectivity index (χ0) is 12.9. The first-order chi connectivity index (χ1) is 7.31. The van der Waals surface area contributed by atoms with Gasteiger partial charge in [0, 0.05) is 0 Å². The van der Waals surface area contributed by atoms with Crippen LogP contribution in [0.1, 0.15) is 2.85 Å². The van der Waals surface area contributed by atoms with Gasteiger partial charge in [0.05, 0.1) is 6.61 Å². The Kier molecular flexibility index (Phi) is 9.94. The number of hydrogen-bond acceptors (Lipinski definition) is 8. The second-order valence-electron chi connectivity index (χ2n) is 3.00. The maximum absolute atomic E-state index is 9.97. The van der Waals surface area contributed by atoms with Gasteiger partial charge in [0.25, 0.3) is 0 Å². The van der Waals surface area contributed by atoms with E-state index in [-0.39, 0.29) is 25.9 Å². The zero-order valence-corrected chi connectivity index (χ0v) is 10.2. The van der Waals surface area contributed by atoms with E-state index in [1.807, 2.05) is 0 Å². The van der Waals surface area contributed by atoms with E-state index in [9.17, 15) is 4.79 Å². The van der Waals surface area contributed by atoms with Crippen LogP contribution in [0.5, 0.6) is 0 Å². The van der Waals surface area contributed by atoms with Crippen LogP contribution in [0.2, 0.25) is 0 Å². The largest absolute Gasteiger partial charge is 2.00 e. The summed E-state index contributed by atoms with van der Waals surface area (Å²) in [5.74, 6) is 0. The van der Waals surface area contributed by atoms with Crippen LogP contribution in [0.15, 0.2) is 0 Å². The second-order valence-corrected chi connectivity index (χ2v) is 3.00. The molecule has 0 aromatic rings. The van der Waals surface area contributed by atoms with Gasteiger partial charge in [-0.2, -0.15) is 0 Å². The SMILES string of the molecule is O=C(O)OC(O)[C@@H](O)[C@@H](O)[C@H](O)[C@H](O)CO.[H-].[H-].[Mg+2]. The third-order valence-corrected chi connectivity index (χ3v) is 1.79. The first-order valence-electron chi connectivity index (χ1n) is 4.22. The Labute approximate surface area is 115 Å². The fraction of sp³-hybridized carbons (Fsp3) is 0.857. The quantitative estimate of drug-likeness (QED) is 0.145. The van der Waals surface area contributed by atoms with Crippen LogP contribution >= 0.6 is 0 Å². The molecule has 0 spiro atoms. The van der Waals surface area contributed by atoms with Gasteiger partial charge in [-0.25, -0.2) is 4.79 Å². The van der Waals surface area contributed by atoms with E-state index in [0.717, 1.165) is 0 Å². The van der Waals surface area contributed by atoms with E-state index in [1.165, 1.54) is 0 Å². The first kappa shape index (κ1) is 19.1. The molecule has 10 heteroatoms. The van der Waals surface area contributed by atoms with Crippen LogP contribution in [0.25, 0.3) is 0 Å². The fourth-order valence-corrected chi connectivity index (χ4v) is 0.879. The molecule has 7 N–H and O–H groups in total. The molecule has 0 amide bonds. The van der Waals surface area contributed by atoms with Crippen molar-refractivity contribution in [3.8, 4) is 0 Å². The van der Waals surface area contributed by atoms with E-state index >= 15 is 0 Å². The molecule has 0 aliphatic heterocycles. The standard InChI is InChI=1S/C7H14O9.Mg.2H/c8-1-2(9)3(10)4(11)5(12)6(13)16-7(14)15;;;/h2-6,8-13H,1H2,(H,14,15);;;/q;+2;2*-1/t2-,3-,4+,5+,6?;;;/m1.../s1. The summed E-state index contributed by atoms with van der Waals surface area (Å²) in [5, 5.41) is 61.7. The number of aliphatic hydroxyl groups is 6. The van der Waals surface area contributed by atoms with Gasteiger partial charge in [0.1, 0.15) is 24.4 Å². The normalized spacial score (nSPS) is 19.4. The van der Waals surface area contributed by atoms with Gasteiger partial charge in [-0.15, -0.1) is 0 Å². The Hall–Kier alpha value is -0.204. The van der Waals surface area contributed by atoms with Gasteiger partial charge in [0.15, 0.2) is 0 Å². The molecular weight excluding hydrogens is 252 g/mol. The van der Waals surface area contributed by atoms with Crippen molar-refractivity contribution in [1.82, 2.24) is 0 Å². The summed E-state index contributed by atoms with van der Waals surface area (Å²) in [4.78, 5) is 9.97.